The molecule has 0 aliphatic carbocycles. The Labute approximate surface area is 235 Å². The van der Waals surface area contributed by atoms with Crippen molar-refractivity contribution in [2.75, 3.05) is 36.5 Å². The van der Waals surface area contributed by atoms with Gasteiger partial charge in [0.15, 0.2) is 0 Å². The molecule has 3 aromatic rings. The summed E-state index contributed by atoms with van der Waals surface area (Å²) < 4.78 is 0. The first kappa shape index (κ1) is 28.6. The molecule has 0 saturated carbocycles. The maximum atomic E-state index is 13.8. The number of carboxylic acids is 1. The zero-order chi connectivity index (χ0) is 25.5. The summed E-state index contributed by atoms with van der Waals surface area (Å²) in [6.45, 7) is 2.53. The molecular weight excluding hydrogens is 481 g/mol. The number of para-hydroxylation sites is 2. The minimum Gasteiger partial charge on any atom is -0.545 e. The topological polar surface area (TPSA) is 66.9 Å². The maximum absolute atomic E-state index is 13.8. The van der Waals surface area contributed by atoms with E-state index in [-0.39, 0.29) is 24.8 Å². The van der Waals surface area contributed by atoms with Crippen molar-refractivity contribution in [3.05, 3.63) is 101 Å². The normalized spacial score (nSPS) is 12.8. The van der Waals surface area contributed by atoms with Crippen LogP contribution >= 0.6 is 11.6 Å². The van der Waals surface area contributed by atoms with E-state index >= 15 is 0 Å². The fraction of sp³-hybridized carbons (Fsp3) is 0.241. The monoisotopic (exact) mass is 509 g/mol. The van der Waals surface area contributed by atoms with E-state index in [0.717, 1.165) is 48.1 Å². The Hall–Kier alpha value is -3.01. The number of hydrogen-bond donors (Lipinski definition) is 0. The maximum Gasteiger partial charge on any atom is 1.00 e. The third-order valence-electron chi connectivity index (χ3n) is 6.22. The number of anilines is 3. The largest absolute Gasteiger partial charge is 1.00 e. The number of aliphatic carboxylic acids is 1. The van der Waals surface area contributed by atoms with Crippen LogP contribution in [0, 0.1) is 0 Å². The number of rotatable bonds is 10. The van der Waals surface area contributed by atoms with Crippen molar-refractivity contribution < 1.29 is 33.6 Å². The van der Waals surface area contributed by atoms with Gasteiger partial charge in [0.1, 0.15) is 0 Å². The number of carbonyl (C=O) groups excluding carboxylic acids is 2. The number of benzene rings is 3. The zero-order valence-electron chi connectivity index (χ0n) is 21.3. The molecule has 1 aliphatic rings. The van der Waals surface area contributed by atoms with E-state index < -0.39 is 5.97 Å². The summed E-state index contributed by atoms with van der Waals surface area (Å²) in [5, 5.41) is 11.1. The standard InChI is InChI=1S/C29H30ClN3O3.Li/c1-31(18-9-14-28(34)35)17-7-8-19-32-25-12-5-6-13-26(25)33(21-22-10-3-2-4-11-22)29(36)24-16-15-23(30)20-27(24)32;/h2-6,9-16,20H,7-8,17-19,21H2,1H3,(H,34,35);/q;+1/p-1/b14-9+;. The number of unbranched alkanes of at least 4 members (excludes halogenated alkanes) is 1. The van der Waals surface area contributed by atoms with Gasteiger partial charge in [0.2, 0.25) is 0 Å². The Morgan fingerprint density at radius 2 is 1.62 bits per heavy atom. The van der Waals surface area contributed by atoms with Crippen LogP contribution in [0.15, 0.2) is 84.9 Å². The van der Waals surface area contributed by atoms with E-state index in [0.29, 0.717) is 30.2 Å². The molecule has 0 spiro atoms. The van der Waals surface area contributed by atoms with Gasteiger partial charge in [0, 0.05) is 18.1 Å². The predicted octanol–water partition coefficient (Wildman–Crippen LogP) is 1.66. The number of likely N-dealkylation sites (N-methyl/N-ethyl adjacent to an activating group) is 1. The van der Waals surface area contributed by atoms with Gasteiger partial charge in [-0.3, -0.25) is 4.79 Å². The van der Waals surface area contributed by atoms with Crippen molar-refractivity contribution in [2.45, 2.75) is 19.4 Å². The second kappa shape index (κ2) is 13.5. The summed E-state index contributed by atoms with van der Waals surface area (Å²) in [6.07, 6.45) is 4.43. The molecule has 186 valence electrons. The number of hydrogen-bond acceptors (Lipinski definition) is 5. The summed E-state index contributed by atoms with van der Waals surface area (Å²) in [6, 6.07) is 23.4. The zero-order valence-corrected chi connectivity index (χ0v) is 22.0. The Morgan fingerprint density at radius 1 is 0.946 bits per heavy atom. The van der Waals surface area contributed by atoms with Gasteiger partial charge in [-0.1, -0.05) is 60.1 Å². The van der Waals surface area contributed by atoms with E-state index in [1.165, 1.54) is 0 Å². The summed E-state index contributed by atoms with van der Waals surface area (Å²) in [7, 11) is 1.95. The van der Waals surface area contributed by atoms with Crippen molar-refractivity contribution in [1.82, 2.24) is 4.90 Å². The molecule has 0 aromatic heterocycles. The fourth-order valence-corrected chi connectivity index (χ4v) is 4.62. The molecule has 37 heavy (non-hydrogen) atoms. The first-order valence-electron chi connectivity index (χ1n) is 12.0. The number of amides is 1. The molecule has 1 heterocycles. The van der Waals surface area contributed by atoms with Gasteiger partial charge in [-0.2, -0.15) is 0 Å². The first-order chi connectivity index (χ1) is 17.4. The molecule has 1 aliphatic heterocycles. The van der Waals surface area contributed by atoms with Crippen LogP contribution in [0.25, 0.3) is 0 Å². The summed E-state index contributed by atoms with van der Waals surface area (Å²) >= 11 is 6.40. The van der Waals surface area contributed by atoms with E-state index in [1.54, 1.807) is 12.1 Å². The molecule has 0 atom stereocenters. The third kappa shape index (κ3) is 7.27. The molecule has 1 amide bonds. The molecule has 6 nitrogen and oxygen atoms in total. The van der Waals surface area contributed by atoms with Crippen LogP contribution < -0.4 is 33.8 Å². The molecule has 0 unspecified atom stereocenters. The van der Waals surface area contributed by atoms with Gasteiger partial charge in [0.05, 0.1) is 35.1 Å². The van der Waals surface area contributed by atoms with Gasteiger partial charge < -0.3 is 24.6 Å². The number of nitrogens with zero attached hydrogens (tertiary/aromatic N) is 3. The molecular formula is C29H29ClLiN3O3. The van der Waals surface area contributed by atoms with Crippen molar-refractivity contribution in [3.8, 4) is 0 Å². The van der Waals surface area contributed by atoms with Crippen LogP contribution in [0.5, 0.6) is 0 Å². The molecule has 0 bridgehead atoms. The van der Waals surface area contributed by atoms with Gasteiger partial charge >= 0.3 is 18.9 Å². The fourth-order valence-electron chi connectivity index (χ4n) is 4.45. The van der Waals surface area contributed by atoms with E-state index in [9.17, 15) is 14.7 Å². The van der Waals surface area contributed by atoms with Crippen molar-refractivity contribution >= 4 is 40.5 Å². The van der Waals surface area contributed by atoms with Gasteiger partial charge in [0.25, 0.3) is 5.91 Å². The molecule has 0 N–H and O–H groups in total. The van der Waals surface area contributed by atoms with E-state index in [2.05, 4.69) is 9.80 Å². The SMILES string of the molecule is CN(C/C=C/C(=O)[O-])CCCCN1c2cc(Cl)ccc2C(=O)N(Cc2ccccc2)c2ccccc21.[Li+]. The molecule has 0 fully saturated rings. The van der Waals surface area contributed by atoms with Gasteiger partial charge in [-0.15, -0.1) is 0 Å². The van der Waals surface area contributed by atoms with Gasteiger partial charge in [-0.25, -0.2) is 0 Å². The van der Waals surface area contributed by atoms with Crippen molar-refractivity contribution in [3.63, 3.8) is 0 Å². The Balaban J connectivity index is 0.00000380. The third-order valence-corrected chi connectivity index (χ3v) is 6.45. The van der Waals surface area contributed by atoms with E-state index in [1.807, 2.05) is 78.7 Å². The molecule has 0 saturated heterocycles. The summed E-state index contributed by atoms with van der Waals surface area (Å²) in [5.41, 5.74) is 4.31. The predicted molar refractivity (Wildman–Crippen MR) is 143 cm³/mol. The van der Waals surface area contributed by atoms with Crippen LogP contribution in [0.2, 0.25) is 5.02 Å². The molecule has 3 aromatic carbocycles. The Bertz CT molecular complexity index is 1250. The number of carboxylic acid groups (broad SMARTS) is 1. The van der Waals surface area contributed by atoms with Crippen LogP contribution in [0.3, 0.4) is 0 Å². The number of carbonyl (C=O) groups is 2. The molecule has 8 heteroatoms. The molecule has 0 radical (unpaired) electrons. The molecule has 4 rings (SSSR count). The van der Waals surface area contributed by atoms with Gasteiger partial charge in [-0.05, 0) is 68.4 Å². The minimum atomic E-state index is -1.18. The van der Waals surface area contributed by atoms with Crippen molar-refractivity contribution in [2.24, 2.45) is 0 Å². The Morgan fingerprint density at radius 3 is 2.32 bits per heavy atom. The van der Waals surface area contributed by atoms with Crippen LogP contribution in [-0.2, 0) is 11.3 Å². The average molecular weight is 510 g/mol. The first-order valence-corrected chi connectivity index (χ1v) is 12.4. The summed E-state index contributed by atoms with van der Waals surface area (Å²) in [5.74, 6) is -1.24. The van der Waals surface area contributed by atoms with Crippen LogP contribution in [0.1, 0.15) is 28.8 Å². The number of fused-ring (bicyclic) bond motifs is 2. The second-order valence-corrected chi connectivity index (χ2v) is 9.31. The quantitative estimate of drug-likeness (QED) is 0.236. The summed E-state index contributed by atoms with van der Waals surface area (Å²) in [4.78, 5) is 30.5. The Kier molecular flexibility index (Phi) is 10.4. The van der Waals surface area contributed by atoms with Crippen LogP contribution in [-0.4, -0.2) is 43.5 Å². The van der Waals surface area contributed by atoms with Crippen molar-refractivity contribution in [1.29, 1.82) is 0 Å². The van der Waals surface area contributed by atoms with Crippen LogP contribution in [0.4, 0.5) is 17.1 Å². The smallest absolute Gasteiger partial charge is 0.545 e. The number of halogens is 1. The minimum absolute atomic E-state index is 0. The van der Waals surface area contributed by atoms with E-state index in [4.69, 9.17) is 11.6 Å². The second-order valence-electron chi connectivity index (χ2n) is 8.87. The average Bonchev–Trinajstić information content (AvgIpc) is 2.96.